The van der Waals surface area contributed by atoms with E-state index in [0.29, 0.717) is 11.5 Å². The van der Waals surface area contributed by atoms with Crippen LogP contribution in [0.4, 0.5) is 4.79 Å². The normalized spacial score (nSPS) is 22.3. The number of hydrogen-bond donors (Lipinski definition) is 1. The quantitative estimate of drug-likeness (QED) is 0.869. The number of amides is 1. The van der Waals surface area contributed by atoms with Crippen LogP contribution in [0.5, 0.6) is 11.5 Å². The van der Waals surface area contributed by atoms with Gasteiger partial charge in [0.25, 0.3) is 0 Å². The van der Waals surface area contributed by atoms with Gasteiger partial charge in [0.15, 0.2) is 11.5 Å². The Hall–Kier alpha value is -2.21. The summed E-state index contributed by atoms with van der Waals surface area (Å²) in [5.41, 5.74) is 1.49. The van der Waals surface area contributed by atoms with Crippen molar-refractivity contribution in [3.8, 4) is 11.5 Å². The maximum absolute atomic E-state index is 12.5. The highest BCUT2D eigenvalue weighted by Gasteiger charge is 2.35. The van der Waals surface area contributed by atoms with E-state index in [2.05, 4.69) is 22.4 Å². The Kier molecular flexibility index (Phi) is 5.65. The summed E-state index contributed by atoms with van der Waals surface area (Å²) < 4.78 is 16.4. The minimum atomic E-state index is -0.543. The lowest BCUT2D eigenvalue weighted by Gasteiger charge is -2.37. The largest absolute Gasteiger partial charge is 0.493 e. The molecule has 0 radical (unpaired) electrons. The molecule has 6 heteroatoms. The lowest BCUT2D eigenvalue weighted by Crippen LogP contribution is -2.46. The molecule has 1 heterocycles. The average molecular weight is 374 g/mol. The number of likely N-dealkylation sites (tertiary alicyclic amines) is 1. The molecule has 3 rings (SSSR count). The zero-order valence-electron chi connectivity index (χ0n) is 16.9. The molecule has 1 fully saturated rings. The third kappa shape index (κ3) is 4.38. The molecule has 2 aliphatic rings. The molecule has 1 aromatic rings. The van der Waals surface area contributed by atoms with Gasteiger partial charge in [0, 0.05) is 0 Å². The second kappa shape index (κ2) is 7.80. The molecule has 148 valence electrons. The topological polar surface area (TPSA) is 60.0 Å². The van der Waals surface area contributed by atoms with E-state index >= 15 is 0 Å². The highest BCUT2D eigenvalue weighted by Crippen LogP contribution is 2.39. The minimum Gasteiger partial charge on any atom is -0.493 e. The number of fused-ring (bicyclic) bond motifs is 1. The predicted octanol–water partition coefficient (Wildman–Crippen LogP) is 3.76. The van der Waals surface area contributed by atoms with Gasteiger partial charge < -0.3 is 19.5 Å². The van der Waals surface area contributed by atoms with Gasteiger partial charge in [-0.25, -0.2) is 4.79 Å². The number of ether oxygens (including phenoxy) is 3. The Labute approximate surface area is 161 Å². The number of methoxy groups -OCH3 is 2. The Balaban J connectivity index is 1.96. The number of rotatable bonds is 4. The van der Waals surface area contributed by atoms with E-state index in [4.69, 9.17) is 14.2 Å². The Morgan fingerprint density at radius 3 is 2.33 bits per heavy atom. The Morgan fingerprint density at radius 2 is 1.74 bits per heavy atom. The highest BCUT2D eigenvalue weighted by atomic mass is 16.6. The molecular formula is C21H30N2O4. The van der Waals surface area contributed by atoms with Crippen molar-refractivity contribution in [1.29, 1.82) is 0 Å². The number of benzene rings is 1. The standard InChI is InChI=1S/C21H30N2O4/c1-21(2,3)27-20(24)22-19-15-13-18(26-5)17(25-4)12-14(15)8-9-16(19)23-10-6-7-11-23/h8-9,12-13,16,19H,6-7,10-11H2,1-5H3,(H,22,24)/t16-,19-/m0/s1. The molecule has 27 heavy (non-hydrogen) atoms. The van der Waals surface area contributed by atoms with E-state index in [-0.39, 0.29) is 12.1 Å². The van der Waals surface area contributed by atoms with Gasteiger partial charge >= 0.3 is 6.09 Å². The van der Waals surface area contributed by atoms with Gasteiger partial charge in [0.05, 0.1) is 26.3 Å². The first-order chi connectivity index (χ1) is 12.8. The van der Waals surface area contributed by atoms with Gasteiger partial charge in [-0.2, -0.15) is 0 Å². The number of nitrogens with one attached hydrogen (secondary N) is 1. The van der Waals surface area contributed by atoms with Crippen LogP contribution in [0.15, 0.2) is 18.2 Å². The molecule has 0 spiro atoms. The number of carbonyl (C=O) groups is 1. The van der Waals surface area contributed by atoms with Crippen molar-refractivity contribution in [2.24, 2.45) is 0 Å². The third-order valence-corrected chi connectivity index (χ3v) is 4.97. The van der Waals surface area contributed by atoms with Crippen molar-refractivity contribution in [3.63, 3.8) is 0 Å². The molecule has 0 unspecified atom stereocenters. The Bertz CT molecular complexity index is 718. The maximum atomic E-state index is 12.5. The minimum absolute atomic E-state index is 0.0885. The molecule has 1 aliphatic heterocycles. The fourth-order valence-electron chi connectivity index (χ4n) is 3.79. The first kappa shape index (κ1) is 19.5. The smallest absolute Gasteiger partial charge is 0.408 e. The molecular weight excluding hydrogens is 344 g/mol. The van der Waals surface area contributed by atoms with Crippen molar-refractivity contribution < 1.29 is 19.0 Å². The summed E-state index contributed by atoms with van der Waals surface area (Å²) in [7, 11) is 3.25. The van der Waals surface area contributed by atoms with E-state index in [9.17, 15) is 4.79 Å². The second-order valence-electron chi connectivity index (χ2n) is 8.05. The highest BCUT2D eigenvalue weighted by molar-refractivity contribution is 5.71. The number of carbonyl (C=O) groups excluding carboxylic acids is 1. The zero-order valence-corrected chi connectivity index (χ0v) is 16.9. The van der Waals surface area contributed by atoms with Crippen molar-refractivity contribution in [1.82, 2.24) is 10.2 Å². The van der Waals surface area contributed by atoms with Gasteiger partial charge in [-0.05, 0) is 70.0 Å². The van der Waals surface area contributed by atoms with Crippen LogP contribution in [0.3, 0.4) is 0 Å². The first-order valence-corrected chi connectivity index (χ1v) is 9.50. The van der Waals surface area contributed by atoms with E-state index in [0.717, 1.165) is 24.2 Å². The summed E-state index contributed by atoms with van der Waals surface area (Å²) >= 11 is 0. The fourth-order valence-corrected chi connectivity index (χ4v) is 3.79. The summed E-state index contributed by atoms with van der Waals surface area (Å²) in [5.74, 6) is 1.33. The summed E-state index contributed by atoms with van der Waals surface area (Å²) in [4.78, 5) is 15.0. The van der Waals surface area contributed by atoms with Gasteiger partial charge in [0.1, 0.15) is 5.60 Å². The van der Waals surface area contributed by atoms with Crippen LogP contribution in [0, 0.1) is 0 Å². The molecule has 0 bridgehead atoms. The monoisotopic (exact) mass is 374 g/mol. The predicted molar refractivity (Wildman–Crippen MR) is 105 cm³/mol. The maximum Gasteiger partial charge on any atom is 0.408 e. The molecule has 0 saturated carbocycles. The second-order valence-corrected chi connectivity index (χ2v) is 8.05. The van der Waals surface area contributed by atoms with Gasteiger partial charge in [-0.15, -0.1) is 0 Å². The van der Waals surface area contributed by atoms with Gasteiger partial charge in [-0.3, -0.25) is 4.90 Å². The Morgan fingerprint density at radius 1 is 1.11 bits per heavy atom. The summed E-state index contributed by atoms with van der Waals surface area (Å²) in [5, 5.41) is 3.10. The first-order valence-electron chi connectivity index (χ1n) is 9.50. The molecule has 1 aromatic carbocycles. The molecule has 0 aromatic heterocycles. The SMILES string of the molecule is COc1cc2c(cc1OC)[C@H](NC(=O)OC(C)(C)C)[C@@H](N1CCCC1)C=C2. The zero-order chi connectivity index (χ0) is 19.6. The molecule has 1 amide bonds. The summed E-state index contributed by atoms with van der Waals surface area (Å²) in [6, 6.07) is 3.79. The molecule has 1 aliphatic carbocycles. The van der Waals surface area contributed by atoms with Crippen LogP contribution in [0.2, 0.25) is 0 Å². The van der Waals surface area contributed by atoms with Crippen LogP contribution in [-0.2, 0) is 4.74 Å². The fraction of sp³-hybridized carbons (Fsp3) is 0.571. The van der Waals surface area contributed by atoms with Gasteiger partial charge in [-0.1, -0.05) is 12.2 Å². The summed E-state index contributed by atoms with van der Waals surface area (Å²) in [6.07, 6.45) is 6.23. The van der Waals surface area contributed by atoms with Crippen molar-refractivity contribution in [2.75, 3.05) is 27.3 Å². The van der Waals surface area contributed by atoms with E-state index in [1.807, 2.05) is 32.9 Å². The number of hydrogen-bond acceptors (Lipinski definition) is 5. The van der Waals surface area contributed by atoms with E-state index < -0.39 is 11.7 Å². The molecule has 1 N–H and O–H groups in total. The van der Waals surface area contributed by atoms with E-state index in [1.165, 1.54) is 12.8 Å². The van der Waals surface area contributed by atoms with Crippen molar-refractivity contribution >= 4 is 12.2 Å². The van der Waals surface area contributed by atoms with Crippen molar-refractivity contribution in [2.45, 2.75) is 51.3 Å². The van der Waals surface area contributed by atoms with Gasteiger partial charge in [0.2, 0.25) is 0 Å². The molecule has 2 atom stereocenters. The van der Waals surface area contributed by atoms with Crippen molar-refractivity contribution in [3.05, 3.63) is 29.3 Å². The molecule has 1 saturated heterocycles. The third-order valence-electron chi connectivity index (χ3n) is 4.97. The van der Waals surface area contributed by atoms with Crippen LogP contribution >= 0.6 is 0 Å². The van der Waals surface area contributed by atoms with Crippen LogP contribution in [0.1, 0.15) is 50.8 Å². The number of nitrogens with zero attached hydrogens (tertiary/aromatic N) is 1. The van der Waals surface area contributed by atoms with Crippen LogP contribution in [-0.4, -0.2) is 49.9 Å². The van der Waals surface area contributed by atoms with Crippen LogP contribution in [0.25, 0.3) is 6.08 Å². The van der Waals surface area contributed by atoms with Crippen LogP contribution < -0.4 is 14.8 Å². The summed E-state index contributed by atoms with van der Waals surface area (Å²) in [6.45, 7) is 7.67. The van der Waals surface area contributed by atoms with E-state index in [1.54, 1.807) is 14.2 Å². The number of alkyl carbamates (subject to hydrolysis) is 1. The molecule has 6 nitrogen and oxygen atoms in total. The lowest BCUT2D eigenvalue weighted by atomic mass is 9.88. The lowest BCUT2D eigenvalue weighted by molar-refractivity contribution is 0.0478. The average Bonchev–Trinajstić information content (AvgIpc) is 3.13.